The number of halogens is 1. The van der Waals surface area contributed by atoms with Crippen molar-refractivity contribution in [2.45, 2.75) is 13.0 Å². The van der Waals surface area contributed by atoms with Crippen molar-refractivity contribution in [1.29, 1.82) is 0 Å². The van der Waals surface area contributed by atoms with E-state index in [-0.39, 0.29) is 5.56 Å². The molecule has 0 fully saturated rings. The summed E-state index contributed by atoms with van der Waals surface area (Å²) < 4.78 is 6.83. The molecule has 27 heavy (non-hydrogen) atoms. The summed E-state index contributed by atoms with van der Waals surface area (Å²) in [5, 5.41) is 10.4. The van der Waals surface area contributed by atoms with Crippen LogP contribution in [-0.2, 0) is 9.53 Å². The minimum Gasteiger partial charge on any atom is -0.449 e. The predicted molar refractivity (Wildman–Crippen MR) is 101 cm³/mol. The number of nitrogens with zero attached hydrogens (tertiary/aromatic N) is 3. The maximum atomic E-state index is 12.3. The van der Waals surface area contributed by atoms with Gasteiger partial charge in [0.15, 0.2) is 6.10 Å². The highest BCUT2D eigenvalue weighted by molar-refractivity contribution is 6.33. The van der Waals surface area contributed by atoms with Crippen LogP contribution in [-0.4, -0.2) is 32.7 Å². The number of carbonyl (C=O) groups excluding carboxylic acids is 2. The van der Waals surface area contributed by atoms with Crippen LogP contribution in [0, 0.1) is 0 Å². The topological polar surface area (TPSA) is 112 Å². The van der Waals surface area contributed by atoms with Crippen molar-refractivity contribution in [2.75, 3.05) is 11.1 Å². The third kappa shape index (κ3) is 4.24. The number of benzene rings is 2. The Morgan fingerprint density at radius 3 is 2.56 bits per heavy atom. The number of rotatable bonds is 5. The monoisotopic (exact) mass is 385 g/mol. The molecular formula is C18H16ClN5O3. The summed E-state index contributed by atoms with van der Waals surface area (Å²) in [4.78, 5) is 24.5. The van der Waals surface area contributed by atoms with Gasteiger partial charge in [0.05, 0.1) is 27.6 Å². The number of amides is 1. The molecule has 3 rings (SSSR count). The first-order valence-electron chi connectivity index (χ1n) is 7.96. The minimum absolute atomic E-state index is 0.224. The van der Waals surface area contributed by atoms with Gasteiger partial charge in [0.25, 0.3) is 5.91 Å². The molecule has 9 heteroatoms. The van der Waals surface area contributed by atoms with Crippen molar-refractivity contribution in [3.8, 4) is 5.69 Å². The zero-order valence-electron chi connectivity index (χ0n) is 14.3. The number of esters is 1. The summed E-state index contributed by atoms with van der Waals surface area (Å²) in [5.41, 5.74) is 7.62. The lowest BCUT2D eigenvalue weighted by molar-refractivity contribution is -0.123. The van der Waals surface area contributed by atoms with E-state index in [4.69, 9.17) is 22.1 Å². The first kappa shape index (κ1) is 18.4. The Morgan fingerprint density at radius 1 is 1.19 bits per heavy atom. The Bertz CT molecular complexity index is 975. The van der Waals surface area contributed by atoms with Gasteiger partial charge in [-0.2, -0.15) is 0 Å². The highest BCUT2D eigenvalue weighted by atomic mass is 35.5. The molecule has 1 heterocycles. The van der Waals surface area contributed by atoms with Crippen LogP contribution < -0.4 is 11.1 Å². The second-order valence-electron chi connectivity index (χ2n) is 5.66. The lowest BCUT2D eigenvalue weighted by atomic mass is 10.1. The van der Waals surface area contributed by atoms with Gasteiger partial charge in [-0.25, -0.2) is 4.79 Å². The molecule has 1 amide bonds. The van der Waals surface area contributed by atoms with Crippen molar-refractivity contribution in [1.82, 2.24) is 14.8 Å². The van der Waals surface area contributed by atoms with Crippen LogP contribution in [0.3, 0.4) is 0 Å². The molecule has 8 nitrogen and oxygen atoms in total. The molecule has 3 aromatic rings. The largest absolute Gasteiger partial charge is 0.449 e. The number of aromatic nitrogens is 3. The average molecular weight is 386 g/mol. The fourth-order valence-corrected chi connectivity index (χ4v) is 2.50. The second kappa shape index (κ2) is 7.88. The molecule has 1 atom stereocenters. The molecule has 0 aliphatic heterocycles. The van der Waals surface area contributed by atoms with Crippen LogP contribution in [0.4, 0.5) is 11.4 Å². The third-order valence-corrected chi connectivity index (χ3v) is 4.07. The molecule has 1 aromatic heterocycles. The summed E-state index contributed by atoms with van der Waals surface area (Å²) in [6.07, 6.45) is 1.96. The smallest absolute Gasteiger partial charge is 0.338 e. The Kier molecular flexibility index (Phi) is 5.37. The lowest BCUT2D eigenvalue weighted by Crippen LogP contribution is -2.30. The maximum absolute atomic E-state index is 12.3. The van der Waals surface area contributed by atoms with Crippen LogP contribution in [0.15, 0.2) is 55.1 Å². The molecule has 138 valence electrons. The fourth-order valence-electron chi connectivity index (χ4n) is 2.32. The number of nitrogens with two attached hydrogens (primary N) is 1. The SMILES string of the molecule is CC(OC(=O)c1ccc(-n2cnnc2)c(N)c1)C(=O)Nc1ccccc1Cl. The summed E-state index contributed by atoms with van der Waals surface area (Å²) in [7, 11) is 0. The predicted octanol–water partition coefficient (Wildman–Crippen LogP) is 2.69. The summed E-state index contributed by atoms with van der Waals surface area (Å²) >= 11 is 6.00. The maximum Gasteiger partial charge on any atom is 0.338 e. The molecular weight excluding hydrogens is 370 g/mol. The Hall–Kier alpha value is -3.39. The second-order valence-corrected chi connectivity index (χ2v) is 6.07. The third-order valence-electron chi connectivity index (χ3n) is 3.74. The number of nitrogens with one attached hydrogen (secondary N) is 1. The van der Waals surface area contributed by atoms with Gasteiger partial charge >= 0.3 is 5.97 Å². The van der Waals surface area contributed by atoms with Crippen LogP contribution in [0.25, 0.3) is 5.69 Å². The Labute approximate surface area is 159 Å². The Balaban J connectivity index is 1.67. The van der Waals surface area contributed by atoms with Gasteiger partial charge in [0.1, 0.15) is 12.7 Å². The van der Waals surface area contributed by atoms with Crippen molar-refractivity contribution < 1.29 is 14.3 Å². The van der Waals surface area contributed by atoms with Gasteiger partial charge in [-0.3, -0.25) is 9.36 Å². The molecule has 0 aliphatic carbocycles. The molecule has 0 spiro atoms. The summed E-state index contributed by atoms with van der Waals surface area (Å²) in [6, 6.07) is 11.4. The van der Waals surface area contributed by atoms with Crippen LogP contribution in [0.5, 0.6) is 0 Å². The summed E-state index contributed by atoms with van der Waals surface area (Å²) in [5.74, 6) is -1.16. The molecule has 0 saturated carbocycles. The van der Waals surface area contributed by atoms with Gasteiger partial charge in [-0.15, -0.1) is 10.2 Å². The van der Waals surface area contributed by atoms with Gasteiger partial charge in [-0.05, 0) is 37.3 Å². The zero-order valence-corrected chi connectivity index (χ0v) is 15.1. The van der Waals surface area contributed by atoms with Crippen LogP contribution >= 0.6 is 11.6 Å². The number of hydrogen-bond donors (Lipinski definition) is 2. The number of ether oxygens (including phenoxy) is 1. The van der Waals surface area contributed by atoms with E-state index in [9.17, 15) is 9.59 Å². The van der Waals surface area contributed by atoms with Crippen LogP contribution in [0.1, 0.15) is 17.3 Å². The van der Waals surface area contributed by atoms with E-state index in [1.165, 1.54) is 25.6 Å². The Morgan fingerprint density at radius 2 is 1.89 bits per heavy atom. The molecule has 1 unspecified atom stereocenters. The van der Waals surface area contributed by atoms with E-state index < -0.39 is 18.0 Å². The highest BCUT2D eigenvalue weighted by Crippen LogP contribution is 2.22. The summed E-state index contributed by atoms with van der Waals surface area (Å²) in [6.45, 7) is 1.47. The number of para-hydroxylation sites is 1. The average Bonchev–Trinajstić information content (AvgIpc) is 3.17. The van der Waals surface area contributed by atoms with E-state index >= 15 is 0 Å². The number of nitrogen functional groups attached to an aromatic ring is 1. The molecule has 0 radical (unpaired) electrons. The molecule has 0 saturated heterocycles. The first-order chi connectivity index (χ1) is 13.0. The fraction of sp³-hybridized carbons (Fsp3) is 0.111. The molecule has 0 bridgehead atoms. The first-order valence-corrected chi connectivity index (χ1v) is 8.34. The molecule has 3 N–H and O–H groups in total. The number of hydrogen-bond acceptors (Lipinski definition) is 6. The molecule has 2 aromatic carbocycles. The normalized spacial score (nSPS) is 11.6. The van der Waals surface area contributed by atoms with E-state index in [1.54, 1.807) is 41.0 Å². The highest BCUT2D eigenvalue weighted by Gasteiger charge is 2.20. The van der Waals surface area contributed by atoms with E-state index in [2.05, 4.69) is 15.5 Å². The van der Waals surface area contributed by atoms with E-state index in [0.717, 1.165) is 0 Å². The van der Waals surface area contributed by atoms with Gasteiger partial charge in [-0.1, -0.05) is 23.7 Å². The number of anilines is 2. The van der Waals surface area contributed by atoms with Crippen molar-refractivity contribution in [3.63, 3.8) is 0 Å². The lowest BCUT2D eigenvalue weighted by Gasteiger charge is -2.15. The van der Waals surface area contributed by atoms with Crippen molar-refractivity contribution in [3.05, 3.63) is 65.7 Å². The van der Waals surface area contributed by atoms with Gasteiger partial charge < -0.3 is 15.8 Å². The van der Waals surface area contributed by atoms with Crippen molar-refractivity contribution >= 4 is 34.9 Å². The van der Waals surface area contributed by atoms with Crippen molar-refractivity contribution in [2.24, 2.45) is 0 Å². The van der Waals surface area contributed by atoms with E-state index in [0.29, 0.717) is 22.1 Å². The van der Waals surface area contributed by atoms with Gasteiger partial charge in [0, 0.05) is 0 Å². The molecule has 0 aliphatic rings. The number of carbonyl (C=O) groups is 2. The van der Waals surface area contributed by atoms with Gasteiger partial charge in [0.2, 0.25) is 0 Å². The van der Waals surface area contributed by atoms with E-state index in [1.807, 2.05) is 0 Å². The zero-order chi connectivity index (χ0) is 19.4. The standard InChI is InChI=1S/C18H16ClN5O3/c1-11(17(25)23-15-5-3-2-4-13(15)19)27-18(26)12-6-7-16(14(20)8-12)24-9-21-22-10-24/h2-11H,20H2,1H3,(H,23,25). The minimum atomic E-state index is -1.02. The van der Waals surface area contributed by atoms with Crippen LogP contribution in [0.2, 0.25) is 5.02 Å². The quantitative estimate of drug-likeness (QED) is 0.515.